The lowest BCUT2D eigenvalue weighted by atomic mass is 9.90. The fourth-order valence-electron chi connectivity index (χ4n) is 5.67. The van der Waals surface area contributed by atoms with Gasteiger partial charge in [-0.3, -0.25) is 9.69 Å². The van der Waals surface area contributed by atoms with Crippen LogP contribution in [-0.2, 0) is 0 Å². The van der Waals surface area contributed by atoms with Crippen molar-refractivity contribution in [1.82, 2.24) is 15.1 Å². The molecule has 4 rings (SSSR count). The minimum absolute atomic E-state index is 0.110. The van der Waals surface area contributed by atoms with Crippen LogP contribution in [0.4, 0.5) is 0 Å². The number of ether oxygens (including phenoxy) is 1. The summed E-state index contributed by atoms with van der Waals surface area (Å²) in [5.41, 5.74) is 3.25. The van der Waals surface area contributed by atoms with Gasteiger partial charge < -0.3 is 15.0 Å². The third-order valence-corrected chi connectivity index (χ3v) is 8.14. The summed E-state index contributed by atoms with van der Waals surface area (Å²) in [5.74, 6) is 0.876. The van der Waals surface area contributed by atoms with Crippen molar-refractivity contribution in [1.29, 1.82) is 0 Å². The van der Waals surface area contributed by atoms with Crippen molar-refractivity contribution in [2.45, 2.75) is 64.6 Å². The SMILES string of the molecule is CC(C)N(CCNC(=O)c1ccc(OC2CCN(CC(c3ccccc3)c3ccccc3)CC2)c(Cl)c1)C(C)C. The van der Waals surface area contributed by atoms with E-state index in [1.807, 2.05) is 6.07 Å². The van der Waals surface area contributed by atoms with Crippen LogP contribution in [0, 0.1) is 0 Å². The maximum atomic E-state index is 12.7. The number of nitrogens with one attached hydrogen (secondary N) is 1. The van der Waals surface area contributed by atoms with E-state index in [9.17, 15) is 4.79 Å². The molecule has 1 aliphatic rings. The molecule has 0 atom stereocenters. The van der Waals surface area contributed by atoms with Crippen molar-refractivity contribution in [2.75, 3.05) is 32.7 Å². The number of halogens is 1. The summed E-state index contributed by atoms with van der Waals surface area (Å²) >= 11 is 6.57. The minimum atomic E-state index is -0.111. The Morgan fingerprint density at radius 2 is 1.50 bits per heavy atom. The molecule has 0 unspecified atom stereocenters. The predicted molar refractivity (Wildman–Crippen MR) is 166 cm³/mol. The number of hydrogen-bond donors (Lipinski definition) is 1. The van der Waals surface area contributed by atoms with E-state index in [0.29, 0.717) is 40.9 Å². The molecule has 1 fully saturated rings. The lowest BCUT2D eigenvalue weighted by Gasteiger charge is -2.34. The lowest BCUT2D eigenvalue weighted by Crippen LogP contribution is -2.42. The molecule has 3 aromatic carbocycles. The van der Waals surface area contributed by atoms with Crippen LogP contribution in [0.1, 0.15) is 67.9 Å². The average molecular weight is 562 g/mol. The van der Waals surface area contributed by atoms with Crippen LogP contribution in [0.15, 0.2) is 78.9 Å². The van der Waals surface area contributed by atoms with E-state index in [2.05, 4.69) is 103 Å². The van der Waals surface area contributed by atoms with Crippen molar-refractivity contribution in [3.8, 4) is 5.75 Å². The Labute approximate surface area is 245 Å². The smallest absolute Gasteiger partial charge is 0.251 e. The van der Waals surface area contributed by atoms with E-state index in [-0.39, 0.29) is 12.0 Å². The summed E-state index contributed by atoms with van der Waals surface area (Å²) < 4.78 is 6.31. The standard InChI is InChI=1S/C34H44ClN3O2/c1-25(2)38(26(3)4)22-19-36-34(39)29-15-16-33(32(35)23-29)40-30-17-20-37(21-18-30)24-31(27-11-7-5-8-12-27)28-13-9-6-10-14-28/h5-16,23,25-26,30-31H,17-22,24H2,1-4H3,(H,36,39). The van der Waals surface area contributed by atoms with E-state index < -0.39 is 0 Å². The van der Waals surface area contributed by atoms with Gasteiger partial charge in [0.2, 0.25) is 0 Å². The first-order valence-corrected chi connectivity index (χ1v) is 15.0. The predicted octanol–water partition coefficient (Wildman–Crippen LogP) is 6.86. The third-order valence-electron chi connectivity index (χ3n) is 7.85. The van der Waals surface area contributed by atoms with Crippen LogP contribution in [-0.4, -0.2) is 66.6 Å². The molecule has 1 aliphatic heterocycles. The number of nitrogens with zero attached hydrogens (tertiary/aromatic N) is 2. The van der Waals surface area contributed by atoms with Gasteiger partial charge in [0, 0.05) is 56.3 Å². The molecule has 1 saturated heterocycles. The molecule has 0 spiro atoms. The van der Waals surface area contributed by atoms with E-state index in [0.717, 1.165) is 39.0 Å². The van der Waals surface area contributed by atoms with Crippen LogP contribution in [0.25, 0.3) is 0 Å². The van der Waals surface area contributed by atoms with Gasteiger partial charge in [0.25, 0.3) is 5.91 Å². The van der Waals surface area contributed by atoms with Gasteiger partial charge in [0.15, 0.2) is 0 Å². The summed E-state index contributed by atoms with van der Waals surface area (Å²) in [6, 6.07) is 27.8. The zero-order valence-corrected chi connectivity index (χ0v) is 25.1. The van der Waals surface area contributed by atoms with E-state index >= 15 is 0 Å². The number of piperidine rings is 1. The maximum Gasteiger partial charge on any atom is 0.251 e. The van der Waals surface area contributed by atoms with Crippen LogP contribution < -0.4 is 10.1 Å². The molecule has 214 valence electrons. The van der Waals surface area contributed by atoms with Crippen molar-refractivity contribution >= 4 is 17.5 Å². The monoisotopic (exact) mass is 561 g/mol. The van der Waals surface area contributed by atoms with Crippen LogP contribution in [0.2, 0.25) is 5.02 Å². The Hall–Kier alpha value is -2.86. The normalized spacial score (nSPS) is 14.8. The number of benzene rings is 3. The first kappa shape index (κ1) is 30.1. The topological polar surface area (TPSA) is 44.8 Å². The summed E-state index contributed by atoms with van der Waals surface area (Å²) in [7, 11) is 0. The molecule has 5 nitrogen and oxygen atoms in total. The van der Waals surface area contributed by atoms with Gasteiger partial charge in [-0.05, 0) is 69.9 Å². The van der Waals surface area contributed by atoms with Crippen molar-refractivity contribution < 1.29 is 9.53 Å². The van der Waals surface area contributed by atoms with E-state index in [4.69, 9.17) is 16.3 Å². The first-order chi connectivity index (χ1) is 19.3. The van der Waals surface area contributed by atoms with Gasteiger partial charge in [-0.2, -0.15) is 0 Å². The molecule has 40 heavy (non-hydrogen) atoms. The maximum absolute atomic E-state index is 12.7. The molecule has 1 N–H and O–H groups in total. The van der Waals surface area contributed by atoms with Crippen LogP contribution in [0.5, 0.6) is 5.75 Å². The van der Waals surface area contributed by atoms with Gasteiger partial charge in [-0.1, -0.05) is 72.3 Å². The zero-order valence-electron chi connectivity index (χ0n) is 24.4. The molecule has 0 aromatic heterocycles. The summed E-state index contributed by atoms with van der Waals surface area (Å²) in [4.78, 5) is 17.6. The second-order valence-corrected chi connectivity index (χ2v) is 11.7. The fourth-order valence-corrected chi connectivity index (χ4v) is 5.90. The number of rotatable bonds is 12. The Balaban J connectivity index is 1.28. The molecule has 0 aliphatic carbocycles. The number of carbonyl (C=O) groups excluding carboxylic acids is 1. The summed E-state index contributed by atoms with van der Waals surface area (Å²) in [6.45, 7) is 13.0. The lowest BCUT2D eigenvalue weighted by molar-refractivity contribution is 0.0938. The third kappa shape index (κ3) is 8.33. The summed E-state index contributed by atoms with van der Waals surface area (Å²) in [6.07, 6.45) is 1.99. The molecule has 0 bridgehead atoms. The molecular weight excluding hydrogens is 518 g/mol. The van der Waals surface area contributed by atoms with Crippen LogP contribution >= 0.6 is 11.6 Å². The fraction of sp³-hybridized carbons (Fsp3) is 0.441. The average Bonchev–Trinajstić information content (AvgIpc) is 2.96. The van der Waals surface area contributed by atoms with Crippen molar-refractivity contribution in [3.05, 3.63) is 101 Å². The number of amides is 1. The minimum Gasteiger partial charge on any atom is -0.489 e. The summed E-state index contributed by atoms with van der Waals surface area (Å²) in [5, 5.41) is 3.51. The molecule has 3 aromatic rings. The molecule has 6 heteroatoms. The number of carbonyl (C=O) groups is 1. The molecule has 1 heterocycles. The molecule has 0 saturated carbocycles. The van der Waals surface area contributed by atoms with Crippen molar-refractivity contribution in [2.24, 2.45) is 0 Å². The van der Waals surface area contributed by atoms with Crippen molar-refractivity contribution in [3.63, 3.8) is 0 Å². The van der Waals surface area contributed by atoms with E-state index in [1.165, 1.54) is 11.1 Å². The Bertz CT molecular complexity index is 1150. The number of hydrogen-bond acceptors (Lipinski definition) is 4. The highest BCUT2D eigenvalue weighted by Crippen LogP contribution is 2.30. The van der Waals surface area contributed by atoms with Gasteiger partial charge >= 0.3 is 0 Å². The quantitative estimate of drug-likeness (QED) is 0.262. The second kappa shape index (κ2) is 14.7. The molecule has 0 radical (unpaired) electrons. The molecule has 1 amide bonds. The number of likely N-dealkylation sites (tertiary alicyclic amines) is 1. The largest absolute Gasteiger partial charge is 0.489 e. The van der Waals surface area contributed by atoms with Crippen LogP contribution in [0.3, 0.4) is 0 Å². The molecular formula is C34H44ClN3O2. The Morgan fingerprint density at radius 1 is 0.925 bits per heavy atom. The Morgan fingerprint density at radius 3 is 2.02 bits per heavy atom. The highest BCUT2D eigenvalue weighted by atomic mass is 35.5. The van der Waals surface area contributed by atoms with E-state index in [1.54, 1.807) is 12.1 Å². The Kier molecular flexibility index (Phi) is 11.0. The van der Waals surface area contributed by atoms with Gasteiger partial charge in [0.05, 0.1) is 5.02 Å². The highest BCUT2D eigenvalue weighted by molar-refractivity contribution is 6.32. The highest BCUT2D eigenvalue weighted by Gasteiger charge is 2.25. The van der Waals surface area contributed by atoms with Gasteiger partial charge in [-0.25, -0.2) is 0 Å². The zero-order chi connectivity index (χ0) is 28.5. The van der Waals surface area contributed by atoms with Gasteiger partial charge in [-0.15, -0.1) is 0 Å². The van der Waals surface area contributed by atoms with Gasteiger partial charge in [0.1, 0.15) is 11.9 Å². The first-order valence-electron chi connectivity index (χ1n) is 14.6. The second-order valence-electron chi connectivity index (χ2n) is 11.3.